The lowest BCUT2D eigenvalue weighted by atomic mass is 9.76. The maximum Gasteiger partial charge on any atom is 0.260 e. The van der Waals surface area contributed by atoms with Crippen molar-refractivity contribution in [1.29, 1.82) is 0 Å². The summed E-state index contributed by atoms with van der Waals surface area (Å²) in [6.45, 7) is 4.60. The fraction of sp³-hybridized carbons (Fsp3) is 0.308. The number of nitrogens with zero attached hydrogens (tertiary/aromatic N) is 2. The molecule has 164 valence electrons. The highest BCUT2D eigenvalue weighted by molar-refractivity contribution is 5.99. The molecular formula is C26H28N4O2. The average Bonchev–Trinajstić information content (AvgIpc) is 3.40. The number of carbonyl (C=O) groups excluding carboxylic acids is 1. The van der Waals surface area contributed by atoms with Gasteiger partial charge in [0.15, 0.2) is 6.10 Å². The van der Waals surface area contributed by atoms with Crippen LogP contribution in [0.4, 0.5) is 5.69 Å². The predicted octanol–water partition coefficient (Wildman–Crippen LogP) is 4.77. The average molecular weight is 429 g/mol. The number of amides is 1. The van der Waals surface area contributed by atoms with Crippen molar-refractivity contribution in [3.63, 3.8) is 0 Å². The zero-order chi connectivity index (χ0) is 22.5. The van der Waals surface area contributed by atoms with E-state index in [0.29, 0.717) is 11.0 Å². The number of carbonyl (C=O) groups is 1. The van der Waals surface area contributed by atoms with Gasteiger partial charge in [0.05, 0.1) is 5.69 Å². The third-order valence-corrected chi connectivity index (χ3v) is 6.59. The zero-order valence-corrected chi connectivity index (χ0v) is 18.6. The van der Waals surface area contributed by atoms with Crippen LogP contribution >= 0.6 is 0 Å². The smallest absolute Gasteiger partial charge is 0.260 e. The maximum absolute atomic E-state index is 12.8. The third kappa shape index (κ3) is 3.60. The summed E-state index contributed by atoms with van der Waals surface area (Å²) in [7, 11) is 1.69. The molecule has 6 nitrogen and oxygen atoms in total. The number of aromatic nitrogens is 3. The van der Waals surface area contributed by atoms with Gasteiger partial charge < -0.3 is 15.0 Å². The van der Waals surface area contributed by atoms with E-state index in [9.17, 15) is 9.90 Å². The molecule has 1 aliphatic rings. The van der Waals surface area contributed by atoms with E-state index in [0.717, 1.165) is 47.2 Å². The van der Waals surface area contributed by atoms with E-state index in [1.54, 1.807) is 19.2 Å². The highest BCUT2D eigenvalue weighted by atomic mass is 16.3. The Bertz CT molecular complexity index is 1290. The van der Waals surface area contributed by atoms with Crippen LogP contribution in [0.1, 0.15) is 43.2 Å². The molecule has 32 heavy (non-hydrogen) atoms. The van der Waals surface area contributed by atoms with Gasteiger partial charge in [0, 0.05) is 34.9 Å². The summed E-state index contributed by atoms with van der Waals surface area (Å²) in [4.78, 5) is 17.8. The van der Waals surface area contributed by atoms with Gasteiger partial charge in [-0.05, 0) is 48.4 Å². The minimum absolute atomic E-state index is 0.299. The number of anilines is 1. The van der Waals surface area contributed by atoms with Gasteiger partial charge in [-0.1, -0.05) is 50.2 Å². The van der Waals surface area contributed by atoms with Crippen LogP contribution in [0.5, 0.6) is 0 Å². The fourth-order valence-corrected chi connectivity index (χ4v) is 4.61. The van der Waals surface area contributed by atoms with Crippen LogP contribution in [0.25, 0.3) is 22.3 Å². The third-order valence-electron chi connectivity index (χ3n) is 6.59. The molecule has 2 aromatic heterocycles. The number of aromatic amines is 2. The molecule has 1 atom stereocenters. The van der Waals surface area contributed by atoms with E-state index in [2.05, 4.69) is 35.1 Å². The Morgan fingerprint density at radius 1 is 1.16 bits per heavy atom. The van der Waals surface area contributed by atoms with Crippen LogP contribution in [0.3, 0.4) is 0 Å². The van der Waals surface area contributed by atoms with Crippen molar-refractivity contribution < 1.29 is 9.90 Å². The molecule has 0 fully saturated rings. The first-order valence-corrected chi connectivity index (χ1v) is 11.0. The van der Waals surface area contributed by atoms with E-state index in [4.69, 9.17) is 0 Å². The number of benzene rings is 2. The van der Waals surface area contributed by atoms with Crippen LogP contribution < -0.4 is 4.90 Å². The molecule has 1 unspecified atom stereocenters. The first kappa shape index (κ1) is 20.5. The van der Waals surface area contributed by atoms with Crippen LogP contribution in [0.2, 0.25) is 0 Å². The number of nitrogens with one attached hydrogen (secondary N) is 2. The quantitative estimate of drug-likeness (QED) is 0.438. The molecule has 2 aromatic carbocycles. The Labute approximate surface area is 187 Å². The summed E-state index contributed by atoms with van der Waals surface area (Å²) < 4.78 is 0. The molecule has 0 radical (unpaired) electrons. The lowest BCUT2D eigenvalue weighted by Crippen LogP contribution is -2.31. The van der Waals surface area contributed by atoms with Gasteiger partial charge in [0.25, 0.3) is 5.91 Å². The summed E-state index contributed by atoms with van der Waals surface area (Å²) in [5, 5.41) is 19.4. The van der Waals surface area contributed by atoms with Gasteiger partial charge in [-0.3, -0.25) is 9.89 Å². The minimum atomic E-state index is -1.20. The fourth-order valence-electron chi connectivity index (χ4n) is 4.61. The molecule has 0 saturated heterocycles. The van der Waals surface area contributed by atoms with E-state index in [-0.39, 0.29) is 5.91 Å². The predicted molar refractivity (Wildman–Crippen MR) is 126 cm³/mol. The Hall–Kier alpha value is -3.38. The van der Waals surface area contributed by atoms with Gasteiger partial charge in [0.2, 0.25) is 0 Å². The van der Waals surface area contributed by atoms with Crippen molar-refractivity contribution in [2.24, 2.45) is 5.41 Å². The molecular weight excluding hydrogens is 400 g/mol. The molecule has 3 N–H and O–H groups in total. The zero-order valence-electron chi connectivity index (χ0n) is 18.6. The second-order valence-corrected chi connectivity index (χ2v) is 9.54. The highest BCUT2D eigenvalue weighted by Gasteiger charge is 2.29. The first-order chi connectivity index (χ1) is 15.3. The normalized spacial score (nSPS) is 16.0. The number of fused-ring (bicyclic) bond motifs is 2. The van der Waals surface area contributed by atoms with Gasteiger partial charge >= 0.3 is 0 Å². The molecule has 6 heteroatoms. The lowest BCUT2D eigenvalue weighted by molar-refractivity contribution is -0.126. The number of aliphatic hydroxyl groups excluding tert-OH is 1. The molecule has 5 rings (SSSR count). The minimum Gasteiger partial charge on any atom is -0.378 e. The lowest BCUT2D eigenvalue weighted by Gasteiger charge is -2.28. The number of hydrogen-bond acceptors (Lipinski definition) is 3. The second-order valence-electron chi connectivity index (χ2n) is 9.54. The maximum atomic E-state index is 12.8. The Morgan fingerprint density at radius 2 is 1.94 bits per heavy atom. The summed E-state index contributed by atoms with van der Waals surface area (Å²) >= 11 is 0. The molecule has 1 amide bonds. The molecule has 0 spiro atoms. The number of aliphatic hydroxyl groups is 1. The van der Waals surface area contributed by atoms with Crippen LogP contribution in [-0.4, -0.2) is 33.2 Å². The molecule has 0 bridgehead atoms. The summed E-state index contributed by atoms with van der Waals surface area (Å²) in [5.41, 5.74) is 7.03. The summed E-state index contributed by atoms with van der Waals surface area (Å²) in [5.74, 6) is -0.369. The van der Waals surface area contributed by atoms with E-state index in [1.807, 2.05) is 36.4 Å². The Balaban J connectivity index is 1.43. The highest BCUT2D eigenvalue weighted by Crippen LogP contribution is 2.38. The first-order valence-electron chi connectivity index (χ1n) is 11.0. The van der Waals surface area contributed by atoms with Crippen molar-refractivity contribution in [2.75, 3.05) is 11.9 Å². The SMILES string of the molecule is CN(C(=O)C(O)c1ccccc1)c1ccc2cc(-c3n[nH]c4c3CCC(C)(C)C4)[nH]c2c1. The topological polar surface area (TPSA) is 85.0 Å². The molecule has 0 saturated carbocycles. The number of likely N-dealkylation sites (N-methyl/N-ethyl adjacent to an activating group) is 1. The van der Waals surface area contributed by atoms with E-state index >= 15 is 0 Å². The number of rotatable bonds is 4. The summed E-state index contributed by atoms with van der Waals surface area (Å²) in [6, 6.07) is 16.9. The number of hydrogen-bond donors (Lipinski definition) is 3. The Morgan fingerprint density at radius 3 is 2.72 bits per heavy atom. The van der Waals surface area contributed by atoms with Crippen molar-refractivity contribution in [1.82, 2.24) is 15.2 Å². The van der Waals surface area contributed by atoms with Gasteiger partial charge in [-0.25, -0.2) is 0 Å². The van der Waals surface area contributed by atoms with Crippen LogP contribution in [0, 0.1) is 5.41 Å². The molecule has 2 heterocycles. The van der Waals surface area contributed by atoms with Crippen LogP contribution in [-0.2, 0) is 17.6 Å². The van der Waals surface area contributed by atoms with E-state index < -0.39 is 6.10 Å². The van der Waals surface area contributed by atoms with Gasteiger partial charge in [-0.15, -0.1) is 0 Å². The van der Waals surface area contributed by atoms with Crippen LogP contribution in [0.15, 0.2) is 54.6 Å². The second kappa shape index (κ2) is 7.64. The van der Waals surface area contributed by atoms with Crippen molar-refractivity contribution >= 4 is 22.5 Å². The molecule has 0 aliphatic heterocycles. The molecule has 4 aromatic rings. The van der Waals surface area contributed by atoms with Crippen molar-refractivity contribution in [2.45, 2.75) is 39.2 Å². The van der Waals surface area contributed by atoms with Crippen molar-refractivity contribution in [3.05, 3.63) is 71.4 Å². The Kier molecular flexibility index (Phi) is 4.90. The molecule has 1 aliphatic carbocycles. The number of H-pyrrole nitrogens is 2. The monoisotopic (exact) mass is 428 g/mol. The van der Waals surface area contributed by atoms with Crippen molar-refractivity contribution in [3.8, 4) is 11.4 Å². The standard InChI is InChI=1S/C26H28N4O2/c1-26(2)12-11-19-22(15-26)28-29-23(19)21-13-17-9-10-18(14-20(17)27-21)30(3)25(32)24(31)16-7-5-4-6-8-16/h4-10,13-14,24,27,31H,11-12,15H2,1-3H3,(H,28,29). The van der Waals surface area contributed by atoms with Gasteiger partial charge in [-0.2, -0.15) is 5.10 Å². The largest absolute Gasteiger partial charge is 0.378 e. The van der Waals surface area contributed by atoms with E-state index in [1.165, 1.54) is 16.2 Å². The summed E-state index contributed by atoms with van der Waals surface area (Å²) in [6.07, 6.45) is 1.98. The van der Waals surface area contributed by atoms with Gasteiger partial charge in [0.1, 0.15) is 5.69 Å².